The Balaban J connectivity index is 1.58. The SMILES string of the molecule is CC(C)n1cc2cc(NC(=O)NC[C@@H]3CC[C@H](O)C3)ccc2n1. The minimum absolute atomic E-state index is 0.204. The summed E-state index contributed by atoms with van der Waals surface area (Å²) in [5.74, 6) is 0.377. The highest BCUT2D eigenvalue weighted by Crippen LogP contribution is 2.24. The van der Waals surface area contributed by atoms with Crippen molar-refractivity contribution in [3.8, 4) is 0 Å². The predicted molar refractivity (Wildman–Crippen MR) is 90.5 cm³/mol. The first-order valence-electron chi connectivity index (χ1n) is 8.23. The van der Waals surface area contributed by atoms with Gasteiger partial charge >= 0.3 is 6.03 Å². The van der Waals surface area contributed by atoms with Gasteiger partial charge in [0.25, 0.3) is 0 Å². The molecule has 1 aliphatic carbocycles. The predicted octanol–water partition coefficient (Wildman–Crippen LogP) is 2.90. The van der Waals surface area contributed by atoms with Gasteiger partial charge < -0.3 is 15.7 Å². The maximum atomic E-state index is 12.0. The van der Waals surface area contributed by atoms with Crippen LogP contribution in [0.5, 0.6) is 0 Å². The van der Waals surface area contributed by atoms with E-state index in [9.17, 15) is 9.90 Å². The zero-order chi connectivity index (χ0) is 16.4. The summed E-state index contributed by atoms with van der Waals surface area (Å²) in [7, 11) is 0. The van der Waals surface area contributed by atoms with Crippen molar-refractivity contribution in [2.24, 2.45) is 5.92 Å². The molecule has 3 rings (SSSR count). The molecule has 1 heterocycles. The number of hydrogen-bond donors (Lipinski definition) is 3. The summed E-state index contributed by atoms with van der Waals surface area (Å²) < 4.78 is 1.92. The third-order valence-corrected chi connectivity index (χ3v) is 4.37. The summed E-state index contributed by atoms with van der Waals surface area (Å²) in [5.41, 5.74) is 1.68. The van der Waals surface area contributed by atoms with Gasteiger partial charge in [0.05, 0.1) is 11.6 Å². The molecule has 0 unspecified atom stereocenters. The van der Waals surface area contributed by atoms with E-state index in [-0.39, 0.29) is 12.1 Å². The average Bonchev–Trinajstić information content (AvgIpc) is 3.10. The molecule has 6 heteroatoms. The summed E-state index contributed by atoms with van der Waals surface area (Å²) in [4.78, 5) is 12.0. The molecule has 23 heavy (non-hydrogen) atoms. The van der Waals surface area contributed by atoms with Crippen LogP contribution < -0.4 is 10.6 Å². The van der Waals surface area contributed by atoms with Gasteiger partial charge in [-0.25, -0.2) is 4.79 Å². The normalized spacial score (nSPS) is 21.0. The molecule has 1 aliphatic rings. The van der Waals surface area contributed by atoms with Crippen LogP contribution in [-0.2, 0) is 0 Å². The molecular formula is C17H24N4O2. The van der Waals surface area contributed by atoms with Crippen molar-refractivity contribution < 1.29 is 9.90 Å². The molecule has 124 valence electrons. The maximum absolute atomic E-state index is 12.0. The monoisotopic (exact) mass is 316 g/mol. The van der Waals surface area contributed by atoms with Gasteiger partial charge in [0.2, 0.25) is 0 Å². The van der Waals surface area contributed by atoms with Gasteiger partial charge in [0.15, 0.2) is 0 Å². The fourth-order valence-electron chi connectivity index (χ4n) is 3.03. The number of nitrogens with one attached hydrogen (secondary N) is 2. The van der Waals surface area contributed by atoms with Gasteiger partial charge in [-0.15, -0.1) is 0 Å². The second-order valence-electron chi connectivity index (χ2n) is 6.64. The van der Waals surface area contributed by atoms with Crippen LogP contribution >= 0.6 is 0 Å². The maximum Gasteiger partial charge on any atom is 0.319 e. The molecule has 2 atom stereocenters. The zero-order valence-electron chi connectivity index (χ0n) is 13.6. The number of fused-ring (bicyclic) bond motifs is 1. The van der Waals surface area contributed by atoms with Crippen molar-refractivity contribution in [2.75, 3.05) is 11.9 Å². The van der Waals surface area contributed by atoms with Crippen LogP contribution in [0.2, 0.25) is 0 Å². The number of urea groups is 1. The summed E-state index contributed by atoms with van der Waals surface area (Å²) in [6, 6.07) is 5.81. The first-order chi connectivity index (χ1) is 11.0. The highest BCUT2D eigenvalue weighted by atomic mass is 16.3. The van der Waals surface area contributed by atoms with Gasteiger partial charge in [0.1, 0.15) is 0 Å². The van der Waals surface area contributed by atoms with E-state index in [0.29, 0.717) is 18.5 Å². The van der Waals surface area contributed by atoms with Gasteiger partial charge in [-0.2, -0.15) is 5.10 Å². The van der Waals surface area contributed by atoms with Crippen molar-refractivity contribution in [3.05, 3.63) is 24.4 Å². The highest BCUT2D eigenvalue weighted by molar-refractivity contribution is 5.92. The standard InChI is InChI=1S/C17H24N4O2/c1-11(2)21-10-13-8-14(4-6-16(13)20-21)19-17(23)18-9-12-3-5-15(22)7-12/h4,6,8,10-12,15,22H,3,5,7,9H2,1-2H3,(H2,18,19,23)/t12-,15+/m1/s1. The van der Waals surface area contributed by atoms with Gasteiger partial charge in [0, 0.05) is 29.9 Å². The molecule has 0 aliphatic heterocycles. The molecule has 1 aromatic carbocycles. The van der Waals surface area contributed by atoms with Crippen molar-refractivity contribution in [2.45, 2.75) is 45.3 Å². The summed E-state index contributed by atoms with van der Waals surface area (Å²) in [5, 5.41) is 20.7. The van der Waals surface area contributed by atoms with Crippen molar-refractivity contribution in [1.82, 2.24) is 15.1 Å². The quantitative estimate of drug-likeness (QED) is 0.811. The van der Waals surface area contributed by atoms with E-state index in [1.54, 1.807) is 0 Å². The Bertz CT molecular complexity index is 695. The van der Waals surface area contributed by atoms with Crippen LogP contribution in [-0.4, -0.2) is 33.6 Å². The van der Waals surface area contributed by atoms with Crippen LogP contribution in [0.1, 0.15) is 39.2 Å². The Morgan fingerprint density at radius 1 is 1.43 bits per heavy atom. The number of nitrogens with zero attached hydrogens (tertiary/aromatic N) is 2. The third kappa shape index (κ3) is 3.82. The highest BCUT2D eigenvalue weighted by Gasteiger charge is 2.22. The molecule has 0 bridgehead atoms. The molecular weight excluding hydrogens is 292 g/mol. The number of aliphatic hydroxyl groups is 1. The van der Waals surface area contributed by atoms with Crippen LogP contribution in [0.15, 0.2) is 24.4 Å². The summed E-state index contributed by atoms with van der Waals surface area (Å²) in [6.07, 6.45) is 4.38. The molecule has 2 aromatic rings. The third-order valence-electron chi connectivity index (χ3n) is 4.37. The van der Waals surface area contributed by atoms with E-state index in [2.05, 4.69) is 29.6 Å². The van der Waals surface area contributed by atoms with E-state index in [1.165, 1.54) is 0 Å². The second-order valence-corrected chi connectivity index (χ2v) is 6.64. The smallest absolute Gasteiger partial charge is 0.319 e. The Labute approximate surface area is 135 Å². The van der Waals surface area contributed by atoms with Crippen molar-refractivity contribution in [3.63, 3.8) is 0 Å². The largest absolute Gasteiger partial charge is 0.393 e. The molecule has 1 saturated carbocycles. The Morgan fingerprint density at radius 3 is 2.96 bits per heavy atom. The lowest BCUT2D eigenvalue weighted by Crippen LogP contribution is -2.32. The summed E-state index contributed by atoms with van der Waals surface area (Å²) in [6.45, 7) is 4.77. The van der Waals surface area contributed by atoms with Crippen LogP contribution in [0, 0.1) is 5.92 Å². The Hall–Kier alpha value is -2.08. The van der Waals surface area contributed by atoms with Crippen LogP contribution in [0.25, 0.3) is 10.9 Å². The lowest BCUT2D eigenvalue weighted by atomic mass is 10.1. The summed E-state index contributed by atoms with van der Waals surface area (Å²) >= 11 is 0. The lowest BCUT2D eigenvalue weighted by molar-refractivity contribution is 0.177. The number of carbonyl (C=O) groups excluding carboxylic acids is 1. The topological polar surface area (TPSA) is 79.2 Å². The van der Waals surface area contributed by atoms with E-state index in [4.69, 9.17) is 0 Å². The first kappa shape index (κ1) is 15.8. The molecule has 2 amide bonds. The van der Waals surface area contributed by atoms with E-state index >= 15 is 0 Å². The lowest BCUT2D eigenvalue weighted by Gasteiger charge is -2.11. The van der Waals surface area contributed by atoms with E-state index < -0.39 is 0 Å². The zero-order valence-corrected chi connectivity index (χ0v) is 13.6. The molecule has 1 fully saturated rings. The minimum Gasteiger partial charge on any atom is -0.393 e. The molecule has 0 saturated heterocycles. The fraction of sp³-hybridized carbons (Fsp3) is 0.529. The number of aromatic nitrogens is 2. The second kappa shape index (κ2) is 6.58. The number of amides is 2. The van der Waals surface area contributed by atoms with E-state index in [1.807, 2.05) is 29.1 Å². The first-order valence-corrected chi connectivity index (χ1v) is 8.23. The number of hydrogen-bond acceptors (Lipinski definition) is 3. The average molecular weight is 316 g/mol. The number of rotatable bonds is 4. The number of aliphatic hydroxyl groups excluding tert-OH is 1. The minimum atomic E-state index is -0.206. The number of carbonyl (C=O) groups is 1. The van der Waals surface area contributed by atoms with E-state index in [0.717, 1.165) is 35.9 Å². The molecule has 3 N–H and O–H groups in total. The number of anilines is 1. The fourth-order valence-corrected chi connectivity index (χ4v) is 3.03. The molecule has 0 spiro atoms. The van der Waals surface area contributed by atoms with Gasteiger partial charge in [-0.3, -0.25) is 4.68 Å². The van der Waals surface area contributed by atoms with Crippen LogP contribution in [0.3, 0.4) is 0 Å². The van der Waals surface area contributed by atoms with Crippen molar-refractivity contribution >= 4 is 22.6 Å². The van der Waals surface area contributed by atoms with Gasteiger partial charge in [-0.1, -0.05) is 0 Å². The molecule has 6 nitrogen and oxygen atoms in total. The Morgan fingerprint density at radius 2 is 2.26 bits per heavy atom. The van der Waals surface area contributed by atoms with Crippen molar-refractivity contribution in [1.29, 1.82) is 0 Å². The number of benzene rings is 1. The van der Waals surface area contributed by atoms with Crippen LogP contribution in [0.4, 0.5) is 10.5 Å². The molecule has 0 radical (unpaired) electrons. The van der Waals surface area contributed by atoms with Gasteiger partial charge in [-0.05, 0) is 57.2 Å². The molecule has 1 aromatic heterocycles. The Kier molecular flexibility index (Phi) is 4.52.